The second-order valence-corrected chi connectivity index (χ2v) is 4.27. The molecular formula is C15H10F2N2. The summed E-state index contributed by atoms with van der Waals surface area (Å²) < 4.78 is 26.6. The summed E-state index contributed by atoms with van der Waals surface area (Å²) in [7, 11) is 0. The number of nitrogens with zero attached hydrogens (tertiary/aromatic N) is 1. The predicted octanol–water partition coefficient (Wildman–Crippen LogP) is 3.76. The minimum Gasteiger partial charge on any atom is -0.384 e. The van der Waals surface area contributed by atoms with Crippen LogP contribution in [0.4, 0.5) is 14.6 Å². The van der Waals surface area contributed by atoms with Crippen LogP contribution in [0.3, 0.4) is 0 Å². The fourth-order valence-corrected chi connectivity index (χ4v) is 2.13. The summed E-state index contributed by atoms with van der Waals surface area (Å²) in [6.45, 7) is 0. The molecule has 2 N–H and O–H groups in total. The fraction of sp³-hybridized carbons (Fsp3) is 0. The Balaban J connectivity index is 2.35. The Hall–Kier alpha value is -2.49. The molecule has 3 aromatic rings. The largest absolute Gasteiger partial charge is 0.384 e. The molecule has 0 aliphatic carbocycles. The standard InChI is InChI=1S/C15H10F2N2/c16-11-5-10(6-12(17)8-11)15-13-4-2-1-3-9(13)7-14(18)19-15/h1-8H,(H2,18,19). The van der Waals surface area contributed by atoms with Gasteiger partial charge in [-0.1, -0.05) is 24.3 Å². The number of aromatic nitrogens is 1. The topological polar surface area (TPSA) is 38.9 Å². The first-order valence-electron chi connectivity index (χ1n) is 5.75. The maximum Gasteiger partial charge on any atom is 0.126 e. The monoisotopic (exact) mass is 256 g/mol. The summed E-state index contributed by atoms with van der Waals surface area (Å²) in [5.74, 6) is -0.954. The Bertz CT molecular complexity index is 749. The molecule has 94 valence electrons. The number of fused-ring (bicyclic) bond motifs is 1. The number of benzene rings is 2. The second kappa shape index (κ2) is 4.31. The van der Waals surface area contributed by atoms with E-state index in [2.05, 4.69) is 4.98 Å². The van der Waals surface area contributed by atoms with E-state index < -0.39 is 11.6 Å². The van der Waals surface area contributed by atoms with Gasteiger partial charge in [0, 0.05) is 17.0 Å². The van der Waals surface area contributed by atoms with Crippen molar-refractivity contribution in [3.63, 3.8) is 0 Å². The van der Waals surface area contributed by atoms with Crippen LogP contribution in [0, 0.1) is 11.6 Å². The number of anilines is 1. The van der Waals surface area contributed by atoms with Crippen molar-refractivity contribution >= 4 is 16.6 Å². The molecule has 0 spiro atoms. The van der Waals surface area contributed by atoms with Crippen molar-refractivity contribution < 1.29 is 8.78 Å². The molecule has 3 rings (SSSR count). The van der Waals surface area contributed by atoms with Crippen molar-refractivity contribution in [3.05, 3.63) is 60.2 Å². The number of hydrogen-bond acceptors (Lipinski definition) is 2. The van der Waals surface area contributed by atoms with Gasteiger partial charge in [-0.15, -0.1) is 0 Å². The number of hydrogen-bond donors (Lipinski definition) is 1. The summed E-state index contributed by atoms with van der Waals surface area (Å²) >= 11 is 0. The van der Waals surface area contributed by atoms with Crippen LogP contribution in [0.25, 0.3) is 22.0 Å². The van der Waals surface area contributed by atoms with Gasteiger partial charge in [-0.2, -0.15) is 0 Å². The molecule has 0 radical (unpaired) electrons. The maximum atomic E-state index is 13.3. The molecule has 0 fully saturated rings. The van der Waals surface area contributed by atoms with Crippen LogP contribution < -0.4 is 5.73 Å². The Kier molecular flexibility index (Phi) is 2.63. The lowest BCUT2D eigenvalue weighted by atomic mass is 10.0. The molecule has 0 bridgehead atoms. The van der Waals surface area contributed by atoms with Crippen molar-refractivity contribution in [1.29, 1.82) is 0 Å². The lowest BCUT2D eigenvalue weighted by Crippen LogP contribution is -1.95. The summed E-state index contributed by atoms with van der Waals surface area (Å²) in [4.78, 5) is 4.20. The number of pyridine rings is 1. The third-order valence-electron chi connectivity index (χ3n) is 2.90. The molecule has 0 amide bonds. The van der Waals surface area contributed by atoms with Crippen LogP contribution in [-0.4, -0.2) is 4.98 Å². The summed E-state index contributed by atoms with van der Waals surface area (Å²) in [6.07, 6.45) is 0. The van der Waals surface area contributed by atoms with E-state index >= 15 is 0 Å². The van der Waals surface area contributed by atoms with Gasteiger partial charge >= 0.3 is 0 Å². The molecule has 0 atom stereocenters. The molecule has 4 heteroatoms. The van der Waals surface area contributed by atoms with E-state index in [0.717, 1.165) is 16.8 Å². The van der Waals surface area contributed by atoms with Crippen LogP contribution in [0.2, 0.25) is 0 Å². The van der Waals surface area contributed by atoms with E-state index in [1.54, 1.807) is 6.07 Å². The van der Waals surface area contributed by atoms with E-state index in [-0.39, 0.29) is 0 Å². The van der Waals surface area contributed by atoms with Gasteiger partial charge in [0.05, 0.1) is 5.69 Å². The molecule has 0 saturated carbocycles. The minimum atomic E-state index is -0.636. The first-order valence-corrected chi connectivity index (χ1v) is 5.75. The Morgan fingerprint density at radius 1 is 0.895 bits per heavy atom. The van der Waals surface area contributed by atoms with Crippen LogP contribution in [0.5, 0.6) is 0 Å². The lowest BCUT2D eigenvalue weighted by molar-refractivity contribution is 0.584. The first-order chi connectivity index (χ1) is 9.13. The summed E-state index contributed by atoms with van der Waals surface area (Å²) in [5, 5.41) is 1.69. The van der Waals surface area contributed by atoms with E-state index in [4.69, 9.17) is 5.73 Å². The SMILES string of the molecule is Nc1cc2ccccc2c(-c2cc(F)cc(F)c2)n1. The highest BCUT2D eigenvalue weighted by Crippen LogP contribution is 2.29. The smallest absolute Gasteiger partial charge is 0.126 e. The molecular weight excluding hydrogens is 246 g/mol. The average Bonchev–Trinajstić information content (AvgIpc) is 2.36. The predicted molar refractivity (Wildman–Crippen MR) is 71.5 cm³/mol. The zero-order valence-electron chi connectivity index (χ0n) is 9.90. The highest BCUT2D eigenvalue weighted by Gasteiger charge is 2.09. The van der Waals surface area contributed by atoms with Gasteiger partial charge in [0.1, 0.15) is 17.5 Å². The van der Waals surface area contributed by atoms with Crippen molar-refractivity contribution in [2.45, 2.75) is 0 Å². The van der Waals surface area contributed by atoms with E-state index in [1.165, 1.54) is 12.1 Å². The van der Waals surface area contributed by atoms with Crippen LogP contribution in [-0.2, 0) is 0 Å². The zero-order valence-corrected chi connectivity index (χ0v) is 9.90. The highest BCUT2D eigenvalue weighted by molar-refractivity contribution is 5.96. The average molecular weight is 256 g/mol. The normalized spacial score (nSPS) is 10.8. The third-order valence-corrected chi connectivity index (χ3v) is 2.90. The third kappa shape index (κ3) is 2.12. The van der Waals surface area contributed by atoms with Crippen molar-refractivity contribution in [2.24, 2.45) is 0 Å². The van der Waals surface area contributed by atoms with Gasteiger partial charge in [-0.3, -0.25) is 0 Å². The first kappa shape index (κ1) is 11.6. The van der Waals surface area contributed by atoms with Gasteiger partial charge in [0.15, 0.2) is 0 Å². The molecule has 0 aliphatic rings. The van der Waals surface area contributed by atoms with Crippen molar-refractivity contribution in [2.75, 3.05) is 5.73 Å². The van der Waals surface area contributed by atoms with Gasteiger partial charge < -0.3 is 5.73 Å². The van der Waals surface area contributed by atoms with Crippen LogP contribution >= 0.6 is 0 Å². The van der Waals surface area contributed by atoms with E-state index in [1.807, 2.05) is 24.3 Å². The highest BCUT2D eigenvalue weighted by atomic mass is 19.1. The minimum absolute atomic E-state index is 0.318. The van der Waals surface area contributed by atoms with E-state index in [9.17, 15) is 8.78 Å². The number of rotatable bonds is 1. The second-order valence-electron chi connectivity index (χ2n) is 4.27. The Labute approximate surface area is 108 Å². The number of nitrogen functional groups attached to an aromatic ring is 1. The van der Waals surface area contributed by atoms with Gasteiger partial charge in [0.25, 0.3) is 0 Å². The van der Waals surface area contributed by atoms with Gasteiger partial charge in [-0.25, -0.2) is 13.8 Å². The fourth-order valence-electron chi connectivity index (χ4n) is 2.13. The summed E-state index contributed by atoms with van der Waals surface area (Å²) in [6, 6.07) is 12.5. The van der Waals surface area contributed by atoms with Crippen LogP contribution in [0.1, 0.15) is 0 Å². The van der Waals surface area contributed by atoms with E-state index in [0.29, 0.717) is 17.1 Å². The number of halogens is 2. The Morgan fingerprint density at radius 3 is 2.32 bits per heavy atom. The maximum absolute atomic E-state index is 13.3. The lowest BCUT2D eigenvalue weighted by Gasteiger charge is -2.08. The van der Waals surface area contributed by atoms with Gasteiger partial charge in [0.2, 0.25) is 0 Å². The molecule has 2 nitrogen and oxygen atoms in total. The molecule has 0 saturated heterocycles. The van der Waals surface area contributed by atoms with Gasteiger partial charge in [-0.05, 0) is 23.6 Å². The molecule has 1 aromatic heterocycles. The molecule has 0 aliphatic heterocycles. The number of nitrogens with two attached hydrogens (primary N) is 1. The zero-order chi connectivity index (χ0) is 13.4. The summed E-state index contributed by atoms with van der Waals surface area (Å²) in [5.41, 5.74) is 6.60. The molecule has 1 heterocycles. The van der Waals surface area contributed by atoms with Crippen molar-refractivity contribution in [3.8, 4) is 11.3 Å². The molecule has 2 aromatic carbocycles. The quantitative estimate of drug-likeness (QED) is 0.720. The Morgan fingerprint density at radius 2 is 1.58 bits per heavy atom. The molecule has 19 heavy (non-hydrogen) atoms. The molecule has 0 unspecified atom stereocenters. The van der Waals surface area contributed by atoms with Crippen molar-refractivity contribution in [1.82, 2.24) is 4.98 Å². The van der Waals surface area contributed by atoms with Crippen LogP contribution in [0.15, 0.2) is 48.5 Å².